The van der Waals surface area contributed by atoms with E-state index in [9.17, 15) is 19.5 Å². The van der Waals surface area contributed by atoms with Gasteiger partial charge in [0.15, 0.2) is 0 Å². The molecule has 2 heterocycles. The summed E-state index contributed by atoms with van der Waals surface area (Å²) in [7, 11) is 0. The van der Waals surface area contributed by atoms with Gasteiger partial charge in [-0.3, -0.25) is 14.9 Å². The minimum Gasteiger partial charge on any atom is -0.480 e. The lowest BCUT2D eigenvalue weighted by Gasteiger charge is -2.47. The number of carbonyl (C=O) groups excluding carboxylic acids is 2. The van der Waals surface area contributed by atoms with E-state index in [1.807, 2.05) is 35.2 Å². The second-order valence-corrected chi connectivity index (χ2v) is 8.84. The molecule has 2 unspecified atom stereocenters. The molecule has 1 aromatic carbocycles. The standard InChI is InChI=1S/C23H31N3O4/c1-2-19(22(29)30)26-21(28)18(15-16-7-4-3-5-8-16)24-23(26)11-13-25(14-12-23)20(27)17-9-6-10-17/h3-5,7-8,17-19,24H,2,6,9-15H2,1H3,(H,29,30). The van der Waals surface area contributed by atoms with Crippen LogP contribution < -0.4 is 5.32 Å². The number of nitrogens with one attached hydrogen (secondary N) is 1. The zero-order valence-corrected chi connectivity index (χ0v) is 17.5. The number of hydrogen-bond donors (Lipinski definition) is 2. The van der Waals surface area contributed by atoms with Crippen molar-refractivity contribution in [2.24, 2.45) is 5.92 Å². The van der Waals surface area contributed by atoms with E-state index in [1.165, 1.54) is 0 Å². The zero-order chi connectivity index (χ0) is 21.3. The number of aliphatic carboxylic acids is 1. The Bertz CT molecular complexity index is 800. The molecule has 30 heavy (non-hydrogen) atoms. The fourth-order valence-corrected chi connectivity index (χ4v) is 5.14. The summed E-state index contributed by atoms with van der Waals surface area (Å²) in [6.45, 7) is 2.92. The highest BCUT2D eigenvalue weighted by Crippen LogP contribution is 2.37. The van der Waals surface area contributed by atoms with E-state index >= 15 is 0 Å². The molecule has 2 amide bonds. The smallest absolute Gasteiger partial charge is 0.326 e. The van der Waals surface area contributed by atoms with Gasteiger partial charge < -0.3 is 14.9 Å². The summed E-state index contributed by atoms with van der Waals surface area (Å²) < 4.78 is 0. The average Bonchev–Trinajstić information content (AvgIpc) is 2.94. The number of carboxylic acids is 1. The summed E-state index contributed by atoms with van der Waals surface area (Å²) in [6, 6.07) is 8.48. The third-order valence-corrected chi connectivity index (χ3v) is 7.06. The monoisotopic (exact) mass is 413 g/mol. The number of piperidine rings is 1. The molecule has 7 heteroatoms. The normalized spacial score (nSPS) is 24.7. The molecule has 2 aliphatic heterocycles. The van der Waals surface area contributed by atoms with Crippen molar-refractivity contribution in [1.29, 1.82) is 0 Å². The van der Waals surface area contributed by atoms with Crippen LogP contribution in [0.2, 0.25) is 0 Å². The van der Waals surface area contributed by atoms with E-state index in [0.717, 1.165) is 24.8 Å². The molecular weight excluding hydrogens is 382 g/mol. The van der Waals surface area contributed by atoms with Crippen LogP contribution in [0.3, 0.4) is 0 Å². The van der Waals surface area contributed by atoms with Gasteiger partial charge in [-0.15, -0.1) is 0 Å². The number of amides is 2. The first-order valence-electron chi connectivity index (χ1n) is 11.1. The van der Waals surface area contributed by atoms with Gasteiger partial charge in [-0.25, -0.2) is 4.79 Å². The van der Waals surface area contributed by atoms with Crippen LogP contribution in [0.15, 0.2) is 30.3 Å². The van der Waals surface area contributed by atoms with Crippen LogP contribution in [0.5, 0.6) is 0 Å². The first-order chi connectivity index (χ1) is 14.4. The molecule has 1 spiro atoms. The van der Waals surface area contributed by atoms with Gasteiger partial charge in [0.25, 0.3) is 0 Å². The molecular formula is C23H31N3O4. The number of rotatable bonds is 6. The summed E-state index contributed by atoms with van der Waals surface area (Å²) in [4.78, 5) is 41.5. The number of carboxylic acid groups (broad SMARTS) is 1. The molecule has 0 aromatic heterocycles. The number of benzene rings is 1. The molecule has 1 aliphatic carbocycles. The van der Waals surface area contributed by atoms with Gasteiger partial charge in [0.05, 0.1) is 11.7 Å². The number of likely N-dealkylation sites (tertiary alicyclic amines) is 1. The van der Waals surface area contributed by atoms with Crippen LogP contribution in [0.25, 0.3) is 0 Å². The molecule has 4 rings (SSSR count). The minimum atomic E-state index is -0.972. The van der Waals surface area contributed by atoms with Crippen molar-refractivity contribution in [3.8, 4) is 0 Å². The van der Waals surface area contributed by atoms with E-state index in [2.05, 4.69) is 5.32 Å². The largest absolute Gasteiger partial charge is 0.480 e. The maximum absolute atomic E-state index is 13.4. The Kier molecular flexibility index (Phi) is 5.82. The van der Waals surface area contributed by atoms with Crippen molar-refractivity contribution >= 4 is 17.8 Å². The lowest BCUT2D eigenvalue weighted by molar-refractivity contribution is -0.156. The fraction of sp³-hybridized carbons (Fsp3) is 0.609. The summed E-state index contributed by atoms with van der Waals surface area (Å²) in [5.41, 5.74) is 0.340. The van der Waals surface area contributed by atoms with E-state index in [0.29, 0.717) is 38.8 Å². The van der Waals surface area contributed by atoms with E-state index in [4.69, 9.17) is 0 Å². The lowest BCUT2D eigenvalue weighted by atomic mass is 9.83. The second-order valence-electron chi connectivity index (χ2n) is 8.84. The Morgan fingerprint density at radius 3 is 2.40 bits per heavy atom. The van der Waals surface area contributed by atoms with E-state index < -0.39 is 23.7 Å². The van der Waals surface area contributed by atoms with E-state index in [1.54, 1.807) is 11.8 Å². The Morgan fingerprint density at radius 2 is 1.87 bits per heavy atom. The van der Waals surface area contributed by atoms with Crippen LogP contribution in [0, 0.1) is 5.92 Å². The Balaban J connectivity index is 1.55. The van der Waals surface area contributed by atoms with Crippen LogP contribution in [-0.4, -0.2) is 63.5 Å². The van der Waals surface area contributed by atoms with Gasteiger partial charge in [0.1, 0.15) is 6.04 Å². The predicted octanol–water partition coefficient (Wildman–Crippen LogP) is 2.01. The number of hydrogen-bond acceptors (Lipinski definition) is 4. The van der Waals surface area contributed by atoms with Crippen molar-refractivity contribution in [3.05, 3.63) is 35.9 Å². The highest BCUT2D eigenvalue weighted by molar-refractivity contribution is 5.90. The third-order valence-electron chi connectivity index (χ3n) is 7.06. The van der Waals surface area contributed by atoms with Gasteiger partial charge in [-0.1, -0.05) is 43.7 Å². The molecule has 162 valence electrons. The zero-order valence-electron chi connectivity index (χ0n) is 17.5. The first kappa shape index (κ1) is 20.8. The third kappa shape index (κ3) is 3.71. The Labute approximate surface area is 177 Å². The number of carbonyl (C=O) groups is 3. The molecule has 2 N–H and O–H groups in total. The maximum Gasteiger partial charge on any atom is 0.326 e. The van der Waals surface area contributed by atoms with Gasteiger partial charge in [0.2, 0.25) is 11.8 Å². The van der Waals surface area contributed by atoms with Crippen LogP contribution >= 0.6 is 0 Å². The molecule has 2 atom stereocenters. The molecule has 2 saturated heterocycles. The predicted molar refractivity (Wildman–Crippen MR) is 112 cm³/mol. The molecule has 3 fully saturated rings. The fourth-order valence-electron chi connectivity index (χ4n) is 5.14. The van der Waals surface area contributed by atoms with Gasteiger partial charge in [-0.2, -0.15) is 0 Å². The SMILES string of the molecule is CCC(C(=O)O)N1C(=O)C(Cc2ccccc2)NC12CCN(C(=O)C1CCC1)CC2. The molecule has 3 aliphatic rings. The van der Waals surface area contributed by atoms with Crippen molar-refractivity contribution in [2.45, 2.75) is 69.6 Å². The highest BCUT2D eigenvalue weighted by Gasteiger charge is 2.55. The lowest BCUT2D eigenvalue weighted by Crippen LogP contribution is -2.63. The van der Waals surface area contributed by atoms with Gasteiger partial charge in [0, 0.05) is 31.8 Å². The van der Waals surface area contributed by atoms with Crippen molar-refractivity contribution < 1.29 is 19.5 Å². The Morgan fingerprint density at radius 1 is 1.20 bits per heavy atom. The second kappa shape index (κ2) is 8.38. The van der Waals surface area contributed by atoms with Crippen molar-refractivity contribution in [2.75, 3.05) is 13.1 Å². The van der Waals surface area contributed by atoms with E-state index in [-0.39, 0.29) is 17.7 Å². The van der Waals surface area contributed by atoms with Crippen LogP contribution in [0.1, 0.15) is 51.0 Å². The maximum atomic E-state index is 13.4. The topological polar surface area (TPSA) is 89.9 Å². The molecule has 0 bridgehead atoms. The summed E-state index contributed by atoms with van der Waals surface area (Å²) in [5.74, 6) is -0.744. The summed E-state index contributed by atoms with van der Waals surface area (Å²) in [6.07, 6.45) is 5.07. The number of nitrogens with zero attached hydrogens (tertiary/aromatic N) is 2. The molecule has 0 radical (unpaired) electrons. The average molecular weight is 414 g/mol. The van der Waals surface area contributed by atoms with Crippen LogP contribution in [-0.2, 0) is 20.8 Å². The molecule has 7 nitrogen and oxygen atoms in total. The highest BCUT2D eigenvalue weighted by atomic mass is 16.4. The molecule has 1 saturated carbocycles. The van der Waals surface area contributed by atoms with Gasteiger partial charge >= 0.3 is 5.97 Å². The van der Waals surface area contributed by atoms with Crippen molar-refractivity contribution in [3.63, 3.8) is 0 Å². The summed E-state index contributed by atoms with van der Waals surface area (Å²) >= 11 is 0. The quantitative estimate of drug-likeness (QED) is 0.745. The first-order valence-corrected chi connectivity index (χ1v) is 11.1. The molecule has 1 aromatic rings. The van der Waals surface area contributed by atoms with Gasteiger partial charge in [-0.05, 0) is 31.2 Å². The summed E-state index contributed by atoms with van der Waals surface area (Å²) in [5, 5.41) is 13.3. The van der Waals surface area contributed by atoms with Crippen LogP contribution in [0.4, 0.5) is 0 Å². The van der Waals surface area contributed by atoms with Crippen molar-refractivity contribution in [1.82, 2.24) is 15.1 Å². The Hall–Kier alpha value is -2.41. The minimum absolute atomic E-state index is 0.146.